The van der Waals surface area contributed by atoms with Gasteiger partial charge in [0.2, 0.25) is 0 Å². The van der Waals surface area contributed by atoms with Crippen LogP contribution in [0.25, 0.3) is 0 Å². The van der Waals surface area contributed by atoms with Crippen LogP contribution in [0.5, 0.6) is 0 Å². The Bertz CT molecular complexity index is 285. The third kappa shape index (κ3) is 6.39. The molecule has 0 bridgehead atoms. The van der Waals surface area contributed by atoms with Crippen LogP contribution in [-0.4, -0.2) is 56.7 Å². The van der Waals surface area contributed by atoms with Crippen molar-refractivity contribution in [2.75, 3.05) is 12.3 Å². The van der Waals surface area contributed by atoms with E-state index in [4.69, 9.17) is 9.05 Å². The van der Waals surface area contributed by atoms with Gasteiger partial charge in [-0.15, -0.1) is 0 Å². The number of hydrogen-bond donors (Lipinski definition) is 4. The quantitative estimate of drug-likeness (QED) is 0.517. The maximum atomic E-state index is 10.2. The van der Waals surface area contributed by atoms with Crippen molar-refractivity contribution in [3.05, 3.63) is 0 Å². The third-order valence-electron chi connectivity index (χ3n) is 3.06. The first-order valence-electron chi connectivity index (χ1n) is 6.23. The van der Waals surface area contributed by atoms with Crippen molar-refractivity contribution in [1.82, 2.24) is 0 Å². The molecule has 1 saturated carbocycles. The van der Waals surface area contributed by atoms with Gasteiger partial charge in [-0.25, -0.2) is 0 Å². The molecule has 0 heterocycles. The van der Waals surface area contributed by atoms with Crippen molar-refractivity contribution in [3.8, 4) is 0 Å². The minimum atomic E-state index is -4.19. The molecule has 1 rings (SSSR count). The van der Waals surface area contributed by atoms with Gasteiger partial charge in [0.1, 0.15) is 0 Å². The second kappa shape index (κ2) is 8.29. The summed E-state index contributed by atoms with van der Waals surface area (Å²) < 4.78 is 11.0. The van der Waals surface area contributed by atoms with Crippen LogP contribution in [0.3, 0.4) is 0 Å². The van der Waals surface area contributed by atoms with Crippen LogP contribution < -0.4 is 0 Å². The summed E-state index contributed by atoms with van der Waals surface area (Å²) in [6.45, 7) is 1.99. The average Bonchev–Trinajstić information content (AvgIpc) is 2.30. The number of hydrogen-bond acceptors (Lipinski definition) is 6. The molecule has 0 saturated heterocycles. The van der Waals surface area contributed by atoms with Crippen LogP contribution in [0.2, 0.25) is 0 Å². The van der Waals surface area contributed by atoms with Gasteiger partial charge in [0.05, 0.1) is 0 Å². The van der Waals surface area contributed by atoms with Gasteiger partial charge in [-0.05, 0) is 0 Å². The van der Waals surface area contributed by atoms with E-state index in [2.05, 4.69) is 6.30 Å². The first-order chi connectivity index (χ1) is 8.87. The van der Waals surface area contributed by atoms with E-state index in [0.29, 0.717) is 30.1 Å². The van der Waals surface area contributed by atoms with Crippen LogP contribution in [0.1, 0.15) is 19.8 Å². The molecule has 9 heteroatoms. The van der Waals surface area contributed by atoms with Gasteiger partial charge in [-0.3, -0.25) is 0 Å². The van der Waals surface area contributed by atoms with E-state index in [0.717, 1.165) is 6.16 Å². The molecule has 6 nitrogen and oxygen atoms in total. The molecule has 1 aliphatic carbocycles. The van der Waals surface area contributed by atoms with Gasteiger partial charge in [0.25, 0.3) is 0 Å². The van der Waals surface area contributed by atoms with E-state index in [1.807, 2.05) is 6.92 Å². The molecule has 5 atom stereocenters. The normalized spacial score (nSPS) is 34.2. The second-order valence-corrected chi connectivity index (χ2v) is 8.37. The van der Waals surface area contributed by atoms with E-state index in [1.54, 1.807) is 0 Å². The van der Waals surface area contributed by atoms with Gasteiger partial charge in [0, 0.05) is 0 Å². The molecule has 0 aromatic rings. The van der Waals surface area contributed by atoms with E-state index in [9.17, 15) is 19.8 Å². The van der Waals surface area contributed by atoms with Crippen molar-refractivity contribution >= 4 is 31.5 Å². The van der Waals surface area contributed by atoms with Gasteiger partial charge in [0.15, 0.2) is 0 Å². The summed E-state index contributed by atoms with van der Waals surface area (Å²) in [6, 6.07) is 0. The Hall–Kier alpha value is 0.790. The summed E-state index contributed by atoms with van der Waals surface area (Å²) in [7, 11) is -3.35. The Kier molecular flexibility index (Phi) is 7.78. The molecule has 0 spiro atoms. The van der Waals surface area contributed by atoms with Crippen molar-refractivity contribution in [1.29, 1.82) is 0 Å². The SMILES string of the molecule is C=POC1CC(C[PH](O)(O)O)C(O)C(OPCC)C1. The van der Waals surface area contributed by atoms with Crippen molar-refractivity contribution in [3.63, 3.8) is 0 Å². The van der Waals surface area contributed by atoms with Crippen LogP contribution in [0.15, 0.2) is 0 Å². The summed E-state index contributed by atoms with van der Waals surface area (Å²) >= 11 is 0. The average molecular weight is 332 g/mol. The molecule has 5 unspecified atom stereocenters. The molecule has 114 valence electrons. The summed E-state index contributed by atoms with van der Waals surface area (Å²) in [5.41, 5.74) is 0. The number of rotatable bonds is 7. The zero-order chi connectivity index (χ0) is 14.5. The van der Waals surface area contributed by atoms with Gasteiger partial charge >= 0.3 is 117 Å². The standard InChI is InChI=1S/C10H23O6P3/c1-3-18-16-9-5-8(15-17-2)4-7(10(9)11)6-19(12,13)14/h7-14,18-19H,2-6H2,1H3. The summed E-state index contributed by atoms with van der Waals surface area (Å²) in [5, 5.41) is 10.2. The fourth-order valence-corrected chi connectivity index (χ4v) is 4.44. The fraction of sp³-hybridized carbons (Fsp3) is 0.900. The summed E-state index contributed by atoms with van der Waals surface area (Å²) in [4.78, 5) is 27.6. The topological polar surface area (TPSA) is 99.4 Å². The molecule has 0 aromatic heterocycles. The Morgan fingerprint density at radius 1 is 1.37 bits per heavy atom. The van der Waals surface area contributed by atoms with E-state index in [1.165, 1.54) is 0 Å². The predicted molar refractivity (Wildman–Crippen MR) is 81.2 cm³/mol. The van der Waals surface area contributed by atoms with Crippen LogP contribution in [0.4, 0.5) is 0 Å². The monoisotopic (exact) mass is 332 g/mol. The Morgan fingerprint density at radius 2 is 2.05 bits per heavy atom. The molecule has 0 amide bonds. The van der Waals surface area contributed by atoms with Crippen LogP contribution in [0, 0.1) is 5.92 Å². The van der Waals surface area contributed by atoms with Gasteiger partial charge < -0.3 is 0 Å². The molecule has 0 radical (unpaired) electrons. The number of aliphatic hydroxyl groups excluding tert-OH is 1. The molecule has 19 heavy (non-hydrogen) atoms. The van der Waals surface area contributed by atoms with E-state index >= 15 is 0 Å². The molecule has 0 aliphatic heterocycles. The third-order valence-corrected chi connectivity index (χ3v) is 5.34. The van der Waals surface area contributed by atoms with Crippen LogP contribution >= 0.6 is 25.2 Å². The summed E-state index contributed by atoms with van der Waals surface area (Å²) in [5.74, 6) is -0.432. The molecular formula is C10H23O6P3. The molecular weight excluding hydrogens is 309 g/mol. The zero-order valence-corrected chi connectivity index (χ0v) is 13.8. The molecule has 4 N–H and O–H groups in total. The van der Waals surface area contributed by atoms with E-state index in [-0.39, 0.29) is 18.4 Å². The predicted octanol–water partition coefficient (Wildman–Crippen LogP) is 0.906. The molecule has 1 fully saturated rings. The molecule has 1 aliphatic rings. The van der Waals surface area contributed by atoms with Gasteiger partial charge in [-0.2, -0.15) is 0 Å². The minimum absolute atomic E-state index is 0.143. The second-order valence-electron chi connectivity index (χ2n) is 4.71. The summed E-state index contributed by atoms with van der Waals surface area (Å²) in [6.07, 6.45) is 3.95. The van der Waals surface area contributed by atoms with Crippen LogP contribution in [-0.2, 0) is 9.05 Å². The van der Waals surface area contributed by atoms with E-state index < -0.39 is 20.0 Å². The maximum absolute atomic E-state index is 10.2. The number of aliphatic hydroxyl groups is 1. The Labute approximate surface area is 117 Å². The van der Waals surface area contributed by atoms with Crippen molar-refractivity contribution < 1.29 is 28.8 Å². The Morgan fingerprint density at radius 3 is 2.58 bits per heavy atom. The Balaban J connectivity index is 2.68. The fourth-order valence-electron chi connectivity index (χ4n) is 2.33. The first-order valence-corrected chi connectivity index (χ1v) is 10.4. The van der Waals surface area contributed by atoms with Crippen molar-refractivity contribution in [2.45, 2.75) is 38.1 Å². The zero-order valence-electron chi connectivity index (χ0n) is 10.9. The van der Waals surface area contributed by atoms with Crippen molar-refractivity contribution in [2.24, 2.45) is 5.92 Å². The first kappa shape index (κ1) is 17.8. The molecule has 0 aromatic carbocycles. The van der Waals surface area contributed by atoms with Gasteiger partial charge in [-0.1, -0.05) is 0 Å².